The number of benzene rings is 1. The van der Waals surface area contributed by atoms with Crippen molar-refractivity contribution in [3.05, 3.63) is 29.3 Å². The van der Waals surface area contributed by atoms with Crippen LogP contribution in [-0.2, 0) is 15.3 Å². The second-order valence-corrected chi connectivity index (χ2v) is 6.01. The summed E-state index contributed by atoms with van der Waals surface area (Å²) in [6.45, 7) is -0.554. The zero-order valence-corrected chi connectivity index (χ0v) is 13.5. The molecule has 7 nitrogen and oxygen atoms in total. The molecule has 0 amide bonds. The Hall–Kier alpha value is -1.18. The van der Waals surface area contributed by atoms with Crippen molar-refractivity contribution in [2.45, 2.75) is 35.1 Å². The second kappa shape index (κ2) is 7.15. The summed E-state index contributed by atoms with van der Waals surface area (Å²) in [5.74, 6) is -1.76. The van der Waals surface area contributed by atoms with Gasteiger partial charge in [-0.05, 0) is 18.4 Å². The van der Waals surface area contributed by atoms with Crippen LogP contribution in [0.25, 0.3) is 0 Å². The first-order valence-electron chi connectivity index (χ1n) is 6.91. The Kier molecular flexibility index (Phi) is 5.65. The molecule has 1 heterocycles. The van der Waals surface area contributed by atoms with Crippen LogP contribution in [0.15, 0.2) is 23.1 Å². The molecule has 1 aliphatic rings. The van der Waals surface area contributed by atoms with Gasteiger partial charge < -0.3 is 29.9 Å². The number of hydrogen-bond donors (Lipinski definition) is 4. The van der Waals surface area contributed by atoms with E-state index in [1.54, 1.807) is 24.5 Å². The topological polar surface area (TPSA) is 123 Å². The zero-order chi connectivity index (χ0) is 17.2. The van der Waals surface area contributed by atoms with E-state index >= 15 is 0 Å². The maximum Gasteiger partial charge on any atom is 0.224 e. The third kappa shape index (κ3) is 2.97. The molecule has 0 bridgehead atoms. The molecule has 5 atom stereocenters. The maximum atomic E-state index is 10.4. The van der Waals surface area contributed by atoms with Gasteiger partial charge in [-0.1, -0.05) is 6.07 Å². The van der Waals surface area contributed by atoms with Gasteiger partial charge in [0.1, 0.15) is 30.5 Å². The summed E-state index contributed by atoms with van der Waals surface area (Å²) in [5, 5.41) is 48.8. The van der Waals surface area contributed by atoms with Crippen LogP contribution in [0.5, 0.6) is 0 Å². The SMILES string of the molecule is CO[C@@]1(c2ccc(C#N)c(SC)c2)O[C@H](CO)[C@@H](O)[C@H](O)[C@H]1O. The van der Waals surface area contributed by atoms with Crippen LogP contribution in [-0.4, -0.2) is 64.8 Å². The maximum absolute atomic E-state index is 10.4. The Bertz CT molecular complexity index is 604. The first kappa shape index (κ1) is 18.2. The lowest BCUT2D eigenvalue weighted by molar-refractivity contribution is -0.366. The molecular formula is C15H19NO6S. The Morgan fingerprint density at radius 3 is 2.57 bits per heavy atom. The number of aliphatic hydroxyl groups is 4. The van der Waals surface area contributed by atoms with Crippen LogP contribution in [0.3, 0.4) is 0 Å². The molecule has 1 aromatic carbocycles. The number of thioether (sulfide) groups is 1. The molecular weight excluding hydrogens is 322 g/mol. The van der Waals surface area contributed by atoms with E-state index in [1.165, 1.54) is 18.9 Å². The quantitative estimate of drug-likeness (QED) is 0.543. The smallest absolute Gasteiger partial charge is 0.224 e. The van der Waals surface area contributed by atoms with Gasteiger partial charge in [-0.25, -0.2) is 0 Å². The molecule has 0 aliphatic carbocycles. The van der Waals surface area contributed by atoms with Crippen molar-refractivity contribution >= 4 is 11.8 Å². The molecule has 1 aromatic rings. The zero-order valence-electron chi connectivity index (χ0n) is 12.7. The van der Waals surface area contributed by atoms with Crippen LogP contribution in [0.2, 0.25) is 0 Å². The third-order valence-corrected chi connectivity index (χ3v) is 4.76. The summed E-state index contributed by atoms with van der Waals surface area (Å²) in [6.07, 6.45) is -3.91. The predicted octanol–water partition coefficient (Wildman–Crippen LogP) is -0.447. The second-order valence-electron chi connectivity index (χ2n) is 5.16. The molecule has 4 N–H and O–H groups in total. The van der Waals surface area contributed by atoms with Gasteiger partial charge in [0.25, 0.3) is 0 Å². The summed E-state index contributed by atoms with van der Waals surface area (Å²) in [5.41, 5.74) is 0.831. The van der Waals surface area contributed by atoms with Crippen molar-refractivity contribution < 1.29 is 29.9 Å². The minimum Gasteiger partial charge on any atom is -0.394 e. The molecule has 0 unspecified atom stereocenters. The summed E-state index contributed by atoms with van der Waals surface area (Å²) < 4.78 is 11.0. The lowest BCUT2D eigenvalue weighted by Gasteiger charge is -2.47. The highest BCUT2D eigenvalue weighted by atomic mass is 32.2. The van der Waals surface area contributed by atoms with E-state index in [2.05, 4.69) is 6.07 Å². The van der Waals surface area contributed by atoms with Gasteiger partial charge in [0.05, 0.1) is 12.2 Å². The molecule has 1 saturated heterocycles. The van der Waals surface area contributed by atoms with Gasteiger partial charge in [-0.3, -0.25) is 0 Å². The molecule has 1 fully saturated rings. The fourth-order valence-corrected chi connectivity index (χ4v) is 3.25. The van der Waals surface area contributed by atoms with Gasteiger partial charge in [-0.2, -0.15) is 5.26 Å². The summed E-state index contributed by atoms with van der Waals surface area (Å²) in [4.78, 5) is 0.651. The van der Waals surface area contributed by atoms with Crippen LogP contribution in [0.4, 0.5) is 0 Å². The first-order chi connectivity index (χ1) is 10.9. The van der Waals surface area contributed by atoms with Gasteiger partial charge in [0.2, 0.25) is 5.79 Å². The molecule has 0 saturated carbocycles. The van der Waals surface area contributed by atoms with E-state index in [-0.39, 0.29) is 0 Å². The highest BCUT2D eigenvalue weighted by molar-refractivity contribution is 7.98. The van der Waals surface area contributed by atoms with E-state index in [0.29, 0.717) is 16.0 Å². The number of hydrogen-bond acceptors (Lipinski definition) is 8. The van der Waals surface area contributed by atoms with Gasteiger partial charge in [0.15, 0.2) is 0 Å². The fraction of sp³-hybridized carbons (Fsp3) is 0.533. The molecule has 0 aromatic heterocycles. The van der Waals surface area contributed by atoms with E-state index in [4.69, 9.17) is 14.7 Å². The average molecular weight is 341 g/mol. The minimum absolute atomic E-state index is 0.375. The third-order valence-electron chi connectivity index (χ3n) is 3.98. The van der Waals surface area contributed by atoms with Crippen LogP contribution >= 0.6 is 11.8 Å². The number of nitrogens with zero attached hydrogens (tertiary/aromatic N) is 1. The molecule has 8 heteroatoms. The first-order valence-corrected chi connectivity index (χ1v) is 8.14. The molecule has 0 radical (unpaired) electrons. The van der Waals surface area contributed by atoms with E-state index in [0.717, 1.165) is 0 Å². The lowest BCUT2D eigenvalue weighted by Crippen LogP contribution is -2.64. The van der Waals surface area contributed by atoms with Crippen molar-refractivity contribution in [3.8, 4) is 6.07 Å². The monoisotopic (exact) mass is 341 g/mol. The van der Waals surface area contributed by atoms with Crippen molar-refractivity contribution in [3.63, 3.8) is 0 Å². The van der Waals surface area contributed by atoms with Gasteiger partial charge in [-0.15, -0.1) is 11.8 Å². The largest absolute Gasteiger partial charge is 0.394 e. The summed E-state index contributed by atoms with van der Waals surface area (Å²) in [6, 6.07) is 6.78. The van der Waals surface area contributed by atoms with Gasteiger partial charge >= 0.3 is 0 Å². The Morgan fingerprint density at radius 2 is 2.04 bits per heavy atom. The number of nitriles is 1. The highest BCUT2D eigenvalue weighted by Crippen LogP contribution is 2.40. The van der Waals surface area contributed by atoms with Crippen LogP contribution < -0.4 is 0 Å². The molecule has 0 spiro atoms. The predicted molar refractivity (Wildman–Crippen MR) is 81.6 cm³/mol. The molecule has 23 heavy (non-hydrogen) atoms. The number of rotatable bonds is 4. The van der Waals surface area contributed by atoms with E-state index in [1.807, 2.05) is 0 Å². The van der Waals surface area contributed by atoms with Crippen LogP contribution in [0.1, 0.15) is 11.1 Å². The molecule has 1 aliphatic heterocycles. The summed E-state index contributed by atoms with van der Waals surface area (Å²) in [7, 11) is 1.29. The summed E-state index contributed by atoms with van der Waals surface area (Å²) >= 11 is 1.34. The van der Waals surface area contributed by atoms with E-state index in [9.17, 15) is 20.4 Å². The minimum atomic E-state index is -1.76. The Morgan fingerprint density at radius 1 is 1.35 bits per heavy atom. The number of ether oxygens (including phenoxy) is 2. The van der Waals surface area contributed by atoms with Crippen molar-refractivity contribution in [1.29, 1.82) is 5.26 Å². The number of methoxy groups -OCH3 is 1. The molecule has 2 rings (SSSR count). The van der Waals surface area contributed by atoms with E-state index < -0.39 is 36.8 Å². The Labute approximate surface area is 138 Å². The van der Waals surface area contributed by atoms with Crippen molar-refractivity contribution in [1.82, 2.24) is 0 Å². The lowest BCUT2D eigenvalue weighted by atomic mass is 9.87. The Balaban J connectivity index is 2.54. The average Bonchev–Trinajstić information content (AvgIpc) is 2.60. The van der Waals surface area contributed by atoms with Crippen molar-refractivity contribution in [2.24, 2.45) is 0 Å². The van der Waals surface area contributed by atoms with Gasteiger partial charge in [0, 0.05) is 17.6 Å². The molecule has 126 valence electrons. The fourth-order valence-electron chi connectivity index (χ4n) is 2.67. The normalized spacial score (nSPS) is 34.1. The van der Waals surface area contributed by atoms with Crippen LogP contribution in [0, 0.1) is 11.3 Å². The van der Waals surface area contributed by atoms with Crippen molar-refractivity contribution in [2.75, 3.05) is 20.0 Å². The standard InChI is InChI=1S/C15H19NO6S/c1-21-15(9-4-3-8(6-16)11(5-9)23-2)14(20)13(19)12(18)10(7-17)22-15/h3-5,10,12-14,17-20H,7H2,1-2H3/t10-,12-,13+,14-,15+/m1/s1. The number of aliphatic hydroxyl groups excluding tert-OH is 4. The highest BCUT2D eigenvalue weighted by Gasteiger charge is 2.55.